The number of aromatic nitrogens is 3. The molecule has 3 rings (SSSR count). The Hall–Kier alpha value is -1.93. The molecule has 0 aliphatic carbocycles. The lowest BCUT2D eigenvalue weighted by Crippen LogP contribution is -2.41. The van der Waals surface area contributed by atoms with Crippen LogP contribution in [0.1, 0.15) is 19.4 Å². The van der Waals surface area contributed by atoms with Crippen molar-refractivity contribution in [3.63, 3.8) is 0 Å². The molecule has 124 valence electrons. The van der Waals surface area contributed by atoms with E-state index in [1.165, 1.54) is 4.80 Å². The summed E-state index contributed by atoms with van der Waals surface area (Å²) in [5.74, 6) is 0.874. The summed E-state index contributed by atoms with van der Waals surface area (Å²) in [5.41, 5.74) is 0.933. The molecule has 8 heteroatoms. The largest absolute Gasteiger partial charge is 0.493 e. The van der Waals surface area contributed by atoms with Gasteiger partial charge in [-0.2, -0.15) is 15.0 Å². The number of hydrogen-bond donors (Lipinski definition) is 1. The van der Waals surface area contributed by atoms with E-state index in [4.69, 9.17) is 4.74 Å². The van der Waals surface area contributed by atoms with Crippen LogP contribution < -0.4 is 9.46 Å². The van der Waals surface area contributed by atoms with Gasteiger partial charge in [0.05, 0.1) is 30.4 Å². The first-order valence-corrected chi connectivity index (χ1v) is 9.06. The van der Waals surface area contributed by atoms with Gasteiger partial charge in [0.15, 0.2) is 0 Å². The smallest absolute Gasteiger partial charge is 0.240 e. The third kappa shape index (κ3) is 3.53. The molecule has 0 saturated heterocycles. The minimum atomic E-state index is -3.60. The van der Waals surface area contributed by atoms with Crippen molar-refractivity contribution in [2.24, 2.45) is 5.92 Å². The SMILES string of the molecule is CC(C)C(Cn1nccn1)NS(=O)(=O)c1ccc2c(c1)CCO2. The number of sulfonamides is 1. The molecule has 0 amide bonds. The summed E-state index contributed by atoms with van der Waals surface area (Å²) in [6, 6.07) is 4.69. The molecule has 0 spiro atoms. The highest BCUT2D eigenvalue weighted by Crippen LogP contribution is 2.27. The van der Waals surface area contributed by atoms with E-state index in [1.54, 1.807) is 30.6 Å². The average Bonchev–Trinajstić information content (AvgIpc) is 3.16. The van der Waals surface area contributed by atoms with Crippen molar-refractivity contribution >= 4 is 10.0 Å². The summed E-state index contributed by atoms with van der Waals surface area (Å²) < 4.78 is 33.5. The summed E-state index contributed by atoms with van der Waals surface area (Å²) in [5, 5.41) is 8.09. The summed E-state index contributed by atoms with van der Waals surface area (Å²) >= 11 is 0. The van der Waals surface area contributed by atoms with E-state index in [9.17, 15) is 8.42 Å². The molecule has 2 aromatic rings. The molecule has 2 heterocycles. The van der Waals surface area contributed by atoms with Gasteiger partial charge in [-0.1, -0.05) is 13.8 Å². The van der Waals surface area contributed by atoms with Gasteiger partial charge in [0, 0.05) is 12.5 Å². The van der Waals surface area contributed by atoms with Gasteiger partial charge < -0.3 is 4.74 Å². The Bertz CT molecular complexity index is 772. The lowest BCUT2D eigenvalue weighted by Gasteiger charge is -2.21. The summed E-state index contributed by atoms with van der Waals surface area (Å²) in [6.07, 6.45) is 3.89. The summed E-state index contributed by atoms with van der Waals surface area (Å²) in [7, 11) is -3.60. The van der Waals surface area contributed by atoms with E-state index >= 15 is 0 Å². The second kappa shape index (κ2) is 6.29. The van der Waals surface area contributed by atoms with Crippen molar-refractivity contribution in [3.8, 4) is 5.75 Å². The number of nitrogens with one attached hydrogen (secondary N) is 1. The maximum absolute atomic E-state index is 12.7. The molecule has 0 radical (unpaired) electrons. The lowest BCUT2D eigenvalue weighted by molar-refractivity contribution is 0.356. The molecule has 1 N–H and O–H groups in total. The minimum Gasteiger partial charge on any atom is -0.493 e. The maximum Gasteiger partial charge on any atom is 0.240 e. The van der Waals surface area contributed by atoms with Crippen molar-refractivity contribution in [2.75, 3.05) is 6.61 Å². The predicted molar refractivity (Wildman–Crippen MR) is 84.6 cm³/mol. The van der Waals surface area contributed by atoms with Gasteiger partial charge in [-0.05, 0) is 29.7 Å². The molecule has 7 nitrogen and oxygen atoms in total. The van der Waals surface area contributed by atoms with Gasteiger partial charge in [-0.3, -0.25) is 0 Å². The van der Waals surface area contributed by atoms with Gasteiger partial charge >= 0.3 is 0 Å². The Morgan fingerprint density at radius 1 is 1.30 bits per heavy atom. The first kappa shape index (κ1) is 15.9. The monoisotopic (exact) mass is 336 g/mol. The van der Waals surface area contributed by atoms with Gasteiger partial charge in [-0.15, -0.1) is 0 Å². The number of hydrogen-bond acceptors (Lipinski definition) is 5. The molecule has 1 aromatic carbocycles. The normalized spacial score (nSPS) is 15.4. The zero-order chi connectivity index (χ0) is 16.4. The van der Waals surface area contributed by atoms with Crippen molar-refractivity contribution in [2.45, 2.75) is 37.8 Å². The molecule has 1 aliphatic heterocycles. The highest BCUT2D eigenvalue weighted by Gasteiger charge is 2.25. The van der Waals surface area contributed by atoms with E-state index in [2.05, 4.69) is 14.9 Å². The number of ether oxygens (including phenoxy) is 1. The highest BCUT2D eigenvalue weighted by molar-refractivity contribution is 7.89. The van der Waals surface area contributed by atoms with Crippen LogP contribution in [0.2, 0.25) is 0 Å². The molecular formula is C15H20N4O3S. The Balaban J connectivity index is 1.80. The fourth-order valence-electron chi connectivity index (χ4n) is 2.50. The summed E-state index contributed by atoms with van der Waals surface area (Å²) in [6.45, 7) is 4.92. The fourth-order valence-corrected chi connectivity index (χ4v) is 3.92. The van der Waals surface area contributed by atoms with Gasteiger partial charge in [0.1, 0.15) is 5.75 Å². The third-order valence-electron chi connectivity index (χ3n) is 3.91. The Morgan fingerprint density at radius 2 is 2.04 bits per heavy atom. The van der Waals surface area contributed by atoms with Crippen LogP contribution >= 0.6 is 0 Å². The maximum atomic E-state index is 12.7. The van der Waals surface area contributed by atoms with Crippen LogP contribution in [0.25, 0.3) is 0 Å². The van der Waals surface area contributed by atoms with Crippen LogP contribution in [0.4, 0.5) is 0 Å². The first-order valence-electron chi connectivity index (χ1n) is 7.58. The fraction of sp³-hybridized carbons (Fsp3) is 0.467. The molecule has 1 unspecified atom stereocenters. The van der Waals surface area contributed by atoms with Crippen molar-refractivity contribution < 1.29 is 13.2 Å². The molecule has 23 heavy (non-hydrogen) atoms. The van der Waals surface area contributed by atoms with E-state index in [1.807, 2.05) is 13.8 Å². The molecule has 1 aliphatic rings. The molecular weight excluding hydrogens is 316 g/mol. The van der Waals surface area contributed by atoms with E-state index < -0.39 is 10.0 Å². The first-order chi connectivity index (χ1) is 11.0. The van der Waals surface area contributed by atoms with Crippen molar-refractivity contribution in [3.05, 3.63) is 36.2 Å². The number of benzene rings is 1. The second-order valence-corrected chi connectivity index (χ2v) is 7.64. The zero-order valence-corrected chi connectivity index (χ0v) is 14.0. The molecule has 0 saturated carbocycles. The van der Waals surface area contributed by atoms with Crippen LogP contribution in [0.15, 0.2) is 35.5 Å². The van der Waals surface area contributed by atoms with Crippen molar-refractivity contribution in [1.29, 1.82) is 0 Å². The molecule has 1 aromatic heterocycles. The van der Waals surface area contributed by atoms with Gasteiger partial charge in [-0.25, -0.2) is 13.1 Å². The standard InChI is InChI=1S/C15H20N4O3S/c1-11(2)14(10-19-16-6-7-17-19)18-23(20,21)13-3-4-15-12(9-13)5-8-22-15/h3-4,6-7,9,11,14,18H,5,8,10H2,1-2H3. The van der Waals surface area contributed by atoms with Crippen LogP contribution in [0, 0.1) is 5.92 Å². The van der Waals surface area contributed by atoms with Crippen molar-refractivity contribution in [1.82, 2.24) is 19.7 Å². The Labute approximate surface area is 135 Å². The van der Waals surface area contributed by atoms with Crippen LogP contribution in [-0.4, -0.2) is 36.1 Å². The number of rotatable bonds is 6. The third-order valence-corrected chi connectivity index (χ3v) is 5.40. The lowest BCUT2D eigenvalue weighted by atomic mass is 10.1. The zero-order valence-electron chi connectivity index (χ0n) is 13.1. The number of fused-ring (bicyclic) bond motifs is 1. The minimum absolute atomic E-state index is 0.105. The Morgan fingerprint density at radius 3 is 2.74 bits per heavy atom. The average molecular weight is 336 g/mol. The van der Waals surface area contributed by atoms with E-state index in [0.29, 0.717) is 13.2 Å². The Kier molecular flexibility index (Phi) is 4.36. The molecule has 0 bridgehead atoms. The second-order valence-electron chi connectivity index (χ2n) is 5.92. The number of nitrogens with zero attached hydrogens (tertiary/aromatic N) is 3. The van der Waals surface area contributed by atoms with Gasteiger partial charge in [0.2, 0.25) is 10.0 Å². The molecule has 1 atom stereocenters. The highest BCUT2D eigenvalue weighted by atomic mass is 32.2. The predicted octanol–water partition coefficient (Wildman–Crippen LogP) is 1.22. The topological polar surface area (TPSA) is 86.1 Å². The molecule has 0 fully saturated rings. The van der Waals surface area contributed by atoms with Gasteiger partial charge in [0.25, 0.3) is 0 Å². The van der Waals surface area contributed by atoms with Crippen LogP contribution in [0.3, 0.4) is 0 Å². The van der Waals surface area contributed by atoms with E-state index in [-0.39, 0.29) is 16.9 Å². The quantitative estimate of drug-likeness (QED) is 0.857. The summed E-state index contributed by atoms with van der Waals surface area (Å²) in [4.78, 5) is 1.75. The van der Waals surface area contributed by atoms with Crippen LogP contribution in [-0.2, 0) is 23.0 Å². The van der Waals surface area contributed by atoms with Crippen LogP contribution in [0.5, 0.6) is 5.75 Å². The van der Waals surface area contributed by atoms with E-state index in [0.717, 1.165) is 17.7 Å².